The van der Waals surface area contributed by atoms with Crippen LogP contribution in [0.1, 0.15) is 18.8 Å². The lowest BCUT2D eigenvalue weighted by Crippen LogP contribution is -2.26. The molecule has 2 aromatic rings. The Kier molecular flexibility index (Phi) is 2.28. The van der Waals surface area contributed by atoms with Gasteiger partial charge in [0.15, 0.2) is 0 Å². The molecule has 0 aliphatic heterocycles. The SMILES string of the molecule is CC(N)c1nc2ccccc2c(=O)n1C. The quantitative estimate of drug-likeness (QED) is 0.750. The van der Waals surface area contributed by atoms with E-state index < -0.39 is 0 Å². The van der Waals surface area contributed by atoms with Crippen LogP contribution in [0.4, 0.5) is 0 Å². The number of aromatic nitrogens is 2. The fourth-order valence-electron chi connectivity index (χ4n) is 1.64. The Morgan fingerprint density at radius 3 is 2.73 bits per heavy atom. The molecule has 0 saturated heterocycles. The molecule has 2 rings (SSSR count). The summed E-state index contributed by atoms with van der Waals surface area (Å²) >= 11 is 0. The normalized spacial score (nSPS) is 13.0. The summed E-state index contributed by atoms with van der Waals surface area (Å²) in [5, 5.41) is 0.629. The first kappa shape index (κ1) is 9.86. The Morgan fingerprint density at radius 2 is 2.07 bits per heavy atom. The molecule has 4 nitrogen and oxygen atoms in total. The first-order valence-corrected chi connectivity index (χ1v) is 4.82. The molecule has 1 aromatic carbocycles. The van der Waals surface area contributed by atoms with E-state index in [1.807, 2.05) is 25.1 Å². The van der Waals surface area contributed by atoms with E-state index in [-0.39, 0.29) is 11.6 Å². The first-order valence-electron chi connectivity index (χ1n) is 4.82. The molecule has 0 amide bonds. The Hall–Kier alpha value is -1.68. The minimum absolute atomic E-state index is 0.0482. The van der Waals surface area contributed by atoms with Gasteiger partial charge in [-0.25, -0.2) is 4.98 Å². The van der Waals surface area contributed by atoms with Gasteiger partial charge in [0.05, 0.1) is 16.9 Å². The molecule has 1 aromatic heterocycles. The molecule has 2 N–H and O–H groups in total. The minimum atomic E-state index is -0.243. The molecular weight excluding hydrogens is 190 g/mol. The van der Waals surface area contributed by atoms with Gasteiger partial charge in [-0.15, -0.1) is 0 Å². The van der Waals surface area contributed by atoms with E-state index in [1.165, 1.54) is 4.57 Å². The molecule has 0 bridgehead atoms. The van der Waals surface area contributed by atoms with Crippen LogP contribution in [0.3, 0.4) is 0 Å². The smallest absolute Gasteiger partial charge is 0.261 e. The third-order valence-corrected chi connectivity index (χ3v) is 2.43. The second-order valence-electron chi connectivity index (χ2n) is 3.64. The molecule has 15 heavy (non-hydrogen) atoms. The highest BCUT2D eigenvalue weighted by Crippen LogP contribution is 2.10. The van der Waals surface area contributed by atoms with Gasteiger partial charge < -0.3 is 5.73 Å². The number of fused-ring (bicyclic) bond motifs is 1. The second-order valence-corrected chi connectivity index (χ2v) is 3.64. The topological polar surface area (TPSA) is 60.9 Å². The van der Waals surface area contributed by atoms with Crippen molar-refractivity contribution in [1.29, 1.82) is 0 Å². The van der Waals surface area contributed by atoms with Crippen molar-refractivity contribution in [3.63, 3.8) is 0 Å². The van der Waals surface area contributed by atoms with E-state index in [0.717, 1.165) is 0 Å². The molecule has 0 aliphatic carbocycles. The molecule has 0 spiro atoms. The number of nitrogens with two attached hydrogens (primary N) is 1. The van der Waals surface area contributed by atoms with Crippen molar-refractivity contribution in [3.8, 4) is 0 Å². The molecule has 4 heteroatoms. The molecule has 0 aliphatic rings. The minimum Gasteiger partial charge on any atom is -0.322 e. The fourth-order valence-corrected chi connectivity index (χ4v) is 1.64. The van der Waals surface area contributed by atoms with E-state index in [2.05, 4.69) is 4.98 Å². The largest absolute Gasteiger partial charge is 0.322 e. The summed E-state index contributed by atoms with van der Waals surface area (Å²) < 4.78 is 1.51. The zero-order chi connectivity index (χ0) is 11.0. The van der Waals surface area contributed by atoms with Crippen molar-refractivity contribution in [2.45, 2.75) is 13.0 Å². The average Bonchev–Trinajstić information content (AvgIpc) is 2.23. The van der Waals surface area contributed by atoms with Gasteiger partial charge in [-0.1, -0.05) is 12.1 Å². The van der Waals surface area contributed by atoms with Crippen LogP contribution in [0, 0.1) is 0 Å². The van der Waals surface area contributed by atoms with Gasteiger partial charge in [0, 0.05) is 7.05 Å². The molecule has 1 heterocycles. The molecule has 0 fully saturated rings. The van der Waals surface area contributed by atoms with Crippen LogP contribution in [-0.2, 0) is 7.05 Å². The van der Waals surface area contributed by atoms with Crippen LogP contribution in [0.5, 0.6) is 0 Å². The lowest BCUT2D eigenvalue weighted by atomic mass is 10.2. The number of rotatable bonds is 1. The number of hydrogen-bond acceptors (Lipinski definition) is 3. The van der Waals surface area contributed by atoms with Gasteiger partial charge in [0.2, 0.25) is 0 Å². The van der Waals surface area contributed by atoms with Crippen molar-refractivity contribution < 1.29 is 0 Å². The number of para-hydroxylation sites is 1. The maximum Gasteiger partial charge on any atom is 0.261 e. The Morgan fingerprint density at radius 1 is 1.40 bits per heavy atom. The highest BCUT2D eigenvalue weighted by Gasteiger charge is 2.10. The van der Waals surface area contributed by atoms with Gasteiger partial charge in [-0.05, 0) is 19.1 Å². The van der Waals surface area contributed by atoms with Crippen LogP contribution in [0.2, 0.25) is 0 Å². The summed E-state index contributed by atoms with van der Waals surface area (Å²) in [5.41, 5.74) is 6.41. The zero-order valence-electron chi connectivity index (χ0n) is 8.77. The zero-order valence-corrected chi connectivity index (χ0v) is 8.77. The molecular formula is C11H13N3O. The summed E-state index contributed by atoms with van der Waals surface area (Å²) in [5.74, 6) is 0.610. The van der Waals surface area contributed by atoms with Crippen LogP contribution in [-0.4, -0.2) is 9.55 Å². The van der Waals surface area contributed by atoms with Gasteiger partial charge >= 0.3 is 0 Å². The molecule has 0 saturated carbocycles. The van der Waals surface area contributed by atoms with E-state index >= 15 is 0 Å². The average molecular weight is 203 g/mol. The van der Waals surface area contributed by atoms with Gasteiger partial charge in [-0.2, -0.15) is 0 Å². The van der Waals surface area contributed by atoms with Crippen LogP contribution < -0.4 is 11.3 Å². The summed E-state index contributed by atoms with van der Waals surface area (Å²) in [4.78, 5) is 16.3. The van der Waals surface area contributed by atoms with Crippen LogP contribution >= 0.6 is 0 Å². The van der Waals surface area contributed by atoms with Crippen molar-refractivity contribution in [2.75, 3.05) is 0 Å². The van der Waals surface area contributed by atoms with Crippen LogP contribution in [0.25, 0.3) is 10.9 Å². The van der Waals surface area contributed by atoms with Crippen molar-refractivity contribution in [2.24, 2.45) is 12.8 Å². The molecule has 78 valence electrons. The predicted molar refractivity (Wildman–Crippen MR) is 59.6 cm³/mol. The third-order valence-electron chi connectivity index (χ3n) is 2.43. The number of nitrogens with zero attached hydrogens (tertiary/aromatic N) is 2. The third kappa shape index (κ3) is 1.53. The summed E-state index contributed by atoms with van der Waals surface area (Å²) in [7, 11) is 1.69. The second kappa shape index (κ2) is 3.47. The monoisotopic (exact) mass is 203 g/mol. The number of benzene rings is 1. The standard InChI is InChI=1S/C11H13N3O/c1-7(12)10-13-9-6-4-3-5-8(9)11(15)14(10)2/h3-7H,12H2,1-2H3. The van der Waals surface area contributed by atoms with Gasteiger partial charge in [0.1, 0.15) is 5.82 Å². The number of hydrogen-bond donors (Lipinski definition) is 1. The lowest BCUT2D eigenvalue weighted by Gasteiger charge is -2.11. The van der Waals surface area contributed by atoms with Crippen molar-refractivity contribution >= 4 is 10.9 Å². The van der Waals surface area contributed by atoms with Gasteiger partial charge in [0.25, 0.3) is 5.56 Å². The highest BCUT2D eigenvalue weighted by atomic mass is 16.1. The Bertz CT molecular complexity index is 557. The van der Waals surface area contributed by atoms with E-state index in [0.29, 0.717) is 16.7 Å². The fraction of sp³-hybridized carbons (Fsp3) is 0.273. The predicted octanol–water partition coefficient (Wildman–Crippen LogP) is 0.953. The summed E-state index contributed by atoms with van der Waals surface area (Å²) in [6, 6.07) is 7.04. The van der Waals surface area contributed by atoms with Crippen molar-refractivity contribution in [3.05, 3.63) is 40.4 Å². The van der Waals surface area contributed by atoms with E-state index in [9.17, 15) is 4.79 Å². The summed E-state index contributed by atoms with van der Waals surface area (Å²) in [6.45, 7) is 1.82. The van der Waals surface area contributed by atoms with E-state index in [1.54, 1.807) is 13.1 Å². The molecule has 0 radical (unpaired) electrons. The maximum absolute atomic E-state index is 11.9. The summed E-state index contributed by atoms with van der Waals surface area (Å²) in [6.07, 6.45) is 0. The van der Waals surface area contributed by atoms with Gasteiger partial charge in [-0.3, -0.25) is 9.36 Å². The first-order chi connectivity index (χ1) is 7.11. The van der Waals surface area contributed by atoms with E-state index in [4.69, 9.17) is 5.73 Å². The molecule has 1 atom stereocenters. The highest BCUT2D eigenvalue weighted by molar-refractivity contribution is 5.77. The maximum atomic E-state index is 11.9. The lowest BCUT2D eigenvalue weighted by molar-refractivity contribution is 0.656. The molecule has 1 unspecified atom stereocenters. The Labute approximate surface area is 87.4 Å². The van der Waals surface area contributed by atoms with Crippen LogP contribution in [0.15, 0.2) is 29.1 Å². The Balaban J connectivity index is 2.89. The van der Waals surface area contributed by atoms with Crippen molar-refractivity contribution in [1.82, 2.24) is 9.55 Å².